The predicted molar refractivity (Wildman–Crippen MR) is 95.8 cm³/mol. The van der Waals surface area contributed by atoms with Crippen molar-refractivity contribution in [2.24, 2.45) is 5.92 Å². The molecular formula is C19H21FO4S. The highest BCUT2D eigenvalue weighted by Gasteiger charge is 2.21. The van der Waals surface area contributed by atoms with E-state index in [1.807, 2.05) is 13.8 Å². The predicted octanol–water partition coefficient (Wildman–Crippen LogP) is 3.11. The van der Waals surface area contributed by atoms with Gasteiger partial charge in [0.1, 0.15) is 5.82 Å². The van der Waals surface area contributed by atoms with Gasteiger partial charge in [-0.3, -0.25) is 0 Å². The van der Waals surface area contributed by atoms with E-state index in [2.05, 4.69) is 0 Å². The summed E-state index contributed by atoms with van der Waals surface area (Å²) in [4.78, 5) is 0.177. The molecule has 0 aliphatic rings. The third kappa shape index (κ3) is 4.54. The van der Waals surface area contributed by atoms with Crippen molar-refractivity contribution in [3.8, 4) is 0 Å². The highest BCUT2D eigenvalue weighted by molar-refractivity contribution is 7.90. The summed E-state index contributed by atoms with van der Waals surface area (Å²) < 4.78 is 36.8. The van der Waals surface area contributed by atoms with Crippen LogP contribution in [0, 0.1) is 11.7 Å². The fourth-order valence-corrected chi connectivity index (χ4v) is 3.41. The molecule has 0 spiro atoms. The second-order valence-corrected chi connectivity index (χ2v) is 8.18. The molecule has 6 heteroatoms. The zero-order valence-corrected chi connectivity index (χ0v) is 15.1. The largest absolute Gasteiger partial charge is 0.364 e. The molecule has 0 aromatic heterocycles. The van der Waals surface area contributed by atoms with Gasteiger partial charge in [0.15, 0.2) is 16.1 Å². The first-order valence-corrected chi connectivity index (χ1v) is 9.67. The van der Waals surface area contributed by atoms with Crippen molar-refractivity contribution in [1.29, 1.82) is 0 Å². The molecule has 2 aromatic carbocycles. The van der Waals surface area contributed by atoms with Crippen LogP contribution >= 0.6 is 0 Å². The van der Waals surface area contributed by atoms with Gasteiger partial charge in [0.05, 0.1) is 4.90 Å². The molecule has 2 aromatic rings. The van der Waals surface area contributed by atoms with Crippen LogP contribution in [0.5, 0.6) is 0 Å². The maximum absolute atomic E-state index is 13.6. The zero-order valence-electron chi connectivity index (χ0n) is 14.3. The summed E-state index contributed by atoms with van der Waals surface area (Å²) in [5, 5.41) is 19.8. The molecule has 0 amide bonds. The molecule has 0 bridgehead atoms. The van der Waals surface area contributed by atoms with Gasteiger partial charge in [-0.05, 0) is 46.9 Å². The SMILES string of the molecule is CC(C)/C(=C(/c1cccc(F)c1)C(O)O)c1ccc(S(C)(=O)=O)cc1. The van der Waals surface area contributed by atoms with Crippen molar-refractivity contribution in [2.45, 2.75) is 25.0 Å². The molecule has 4 nitrogen and oxygen atoms in total. The van der Waals surface area contributed by atoms with E-state index in [4.69, 9.17) is 0 Å². The Morgan fingerprint density at radius 2 is 1.56 bits per heavy atom. The van der Waals surface area contributed by atoms with Crippen LogP contribution in [-0.4, -0.2) is 31.2 Å². The van der Waals surface area contributed by atoms with Crippen LogP contribution in [0.25, 0.3) is 11.1 Å². The molecule has 0 unspecified atom stereocenters. The number of benzene rings is 2. The van der Waals surface area contributed by atoms with E-state index < -0.39 is 21.9 Å². The summed E-state index contributed by atoms with van der Waals surface area (Å²) in [6.07, 6.45) is -0.676. The highest BCUT2D eigenvalue weighted by Crippen LogP contribution is 2.34. The lowest BCUT2D eigenvalue weighted by Gasteiger charge is -2.21. The number of aliphatic hydroxyl groups excluding tert-OH is 1. The minimum Gasteiger partial charge on any atom is -0.364 e. The van der Waals surface area contributed by atoms with E-state index in [0.717, 1.165) is 6.26 Å². The Morgan fingerprint density at radius 3 is 2.00 bits per heavy atom. The molecule has 0 radical (unpaired) electrons. The summed E-state index contributed by atoms with van der Waals surface area (Å²) in [6.45, 7) is 3.75. The van der Waals surface area contributed by atoms with Gasteiger partial charge in [0, 0.05) is 11.8 Å². The van der Waals surface area contributed by atoms with Crippen LogP contribution in [0.4, 0.5) is 4.39 Å². The van der Waals surface area contributed by atoms with Gasteiger partial charge in [-0.25, -0.2) is 12.8 Å². The molecule has 0 atom stereocenters. The van der Waals surface area contributed by atoms with Crippen molar-refractivity contribution >= 4 is 21.0 Å². The molecule has 0 fully saturated rings. The Balaban J connectivity index is 2.70. The maximum atomic E-state index is 13.6. The lowest BCUT2D eigenvalue weighted by molar-refractivity contribution is 0.0114. The minimum absolute atomic E-state index is 0.107. The number of aliphatic hydroxyl groups is 2. The lowest BCUT2D eigenvalue weighted by atomic mass is 9.87. The molecule has 2 rings (SSSR count). The van der Waals surface area contributed by atoms with Crippen molar-refractivity contribution in [2.75, 3.05) is 6.26 Å². The van der Waals surface area contributed by atoms with Crippen LogP contribution in [0.3, 0.4) is 0 Å². The summed E-state index contributed by atoms with van der Waals surface area (Å²) in [7, 11) is -3.32. The van der Waals surface area contributed by atoms with Gasteiger partial charge >= 0.3 is 0 Å². The molecule has 0 aliphatic heterocycles. The average Bonchev–Trinajstić information content (AvgIpc) is 2.51. The smallest absolute Gasteiger partial charge is 0.179 e. The average molecular weight is 364 g/mol. The Labute approximate surface area is 147 Å². The lowest BCUT2D eigenvalue weighted by Crippen LogP contribution is -2.13. The van der Waals surface area contributed by atoms with Gasteiger partial charge in [0.2, 0.25) is 0 Å². The normalized spacial score (nSPS) is 13.3. The van der Waals surface area contributed by atoms with Crippen LogP contribution in [0.2, 0.25) is 0 Å². The first kappa shape index (κ1) is 19.3. The van der Waals surface area contributed by atoms with Gasteiger partial charge in [-0.1, -0.05) is 38.1 Å². The molecule has 2 N–H and O–H groups in total. The van der Waals surface area contributed by atoms with Gasteiger partial charge in [0.25, 0.3) is 0 Å². The topological polar surface area (TPSA) is 74.6 Å². The zero-order chi connectivity index (χ0) is 18.8. The van der Waals surface area contributed by atoms with Crippen molar-refractivity contribution in [1.82, 2.24) is 0 Å². The van der Waals surface area contributed by atoms with Gasteiger partial charge in [-0.2, -0.15) is 0 Å². The van der Waals surface area contributed by atoms with Crippen LogP contribution in [-0.2, 0) is 9.84 Å². The third-order valence-electron chi connectivity index (χ3n) is 3.85. The summed E-state index contributed by atoms with van der Waals surface area (Å²) in [6, 6.07) is 11.8. The van der Waals surface area contributed by atoms with E-state index in [0.29, 0.717) is 16.7 Å². The molecular weight excluding hydrogens is 343 g/mol. The molecule has 0 saturated carbocycles. The Hall–Kier alpha value is -2.02. The minimum atomic E-state index is -3.32. The Morgan fingerprint density at radius 1 is 0.960 bits per heavy atom. The van der Waals surface area contributed by atoms with Crippen LogP contribution < -0.4 is 0 Å². The van der Waals surface area contributed by atoms with Crippen molar-refractivity contribution in [3.63, 3.8) is 0 Å². The summed E-state index contributed by atoms with van der Waals surface area (Å²) in [5.74, 6) is -0.588. The first-order chi connectivity index (χ1) is 11.6. The Bertz CT molecular complexity index is 882. The van der Waals surface area contributed by atoms with E-state index in [1.165, 1.54) is 30.3 Å². The first-order valence-electron chi connectivity index (χ1n) is 7.78. The molecule has 134 valence electrons. The fraction of sp³-hybridized carbons (Fsp3) is 0.263. The molecule has 0 aliphatic carbocycles. The highest BCUT2D eigenvalue weighted by atomic mass is 32.2. The number of hydrogen-bond acceptors (Lipinski definition) is 4. The monoisotopic (exact) mass is 364 g/mol. The van der Waals surface area contributed by atoms with Gasteiger partial charge < -0.3 is 10.2 Å². The van der Waals surface area contributed by atoms with Crippen LogP contribution in [0.15, 0.2) is 53.4 Å². The number of hydrogen-bond donors (Lipinski definition) is 2. The number of allylic oxidation sites excluding steroid dienone is 1. The van der Waals surface area contributed by atoms with Crippen molar-refractivity contribution in [3.05, 3.63) is 65.5 Å². The Kier molecular flexibility index (Phi) is 5.77. The number of halogens is 1. The molecule has 0 heterocycles. The summed E-state index contributed by atoms with van der Waals surface area (Å²) in [5.41, 5.74) is 1.82. The van der Waals surface area contributed by atoms with E-state index in [-0.39, 0.29) is 16.4 Å². The standard InChI is InChI=1S/C19H21FO4S/c1-12(2)17(13-7-9-16(10-8-13)25(3,23)24)18(19(21)22)14-5-4-6-15(20)11-14/h4-12,19,21-22H,1-3H3/b18-17+. The quantitative estimate of drug-likeness (QED) is 0.631. The third-order valence-corrected chi connectivity index (χ3v) is 4.98. The summed E-state index contributed by atoms with van der Waals surface area (Å²) >= 11 is 0. The number of rotatable bonds is 5. The van der Waals surface area contributed by atoms with E-state index in [1.54, 1.807) is 18.2 Å². The van der Waals surface area contributed by atoms with Crippen LogP contribution in [0.1, 0.15) is 25.0 Å². The van der Waals surface area contributed by atoms with E-state index in [9.17, 15) is 23.0 Å². The molecule has 25 heavy (non-hydrogen) atoms. The fourth-order valence-electron chi connectivity index (χ4n) is 2.78. The van der Waals surface area contributed by atoms with Gasteiger partial charge in [-0.15, -0.1) is 0 Å². The second kappa shape index (κ2) is 7.47. The second-order valence-electron chi connectivity index (χ2n) is 6.16. The maximum Gasteiger partial charge on any atom is 0.179 e. The number of sulfone groups is 1. The van der Waals surface area contributed by atoms with Crippen molar-refractivity contribution < 1.29 is 23.0 Å². The van der Waals surface area contributed by atoms with E-state index >= 15 is 0 Å². The molecule has 0 saturated heterocycles.